The predicted molar refractivity (Wildman–Crippen MR) is 104 cm³/mol. The molecule has 1 saturated heterocycles. The van der Waals surface area contributed by atoms with Crippen LogP contribution in [0.25, 0.3) is 0 Å². The highest BCUT2D eigenvalue weighted by atomic mass is 16.5. The van der Waals surface area contributed by atoms with Crippen LogP contribution in [0.2, 0.25) is 0 Å². The maximum absolute atomic E-state index is 12.8. The van der Waals surface area contributed by atoms with Gasteiger partial charge < -0.3 is 19.9 Å². The van der Waals surface area contributed by atoms with Crippen LogP contribution in [0.15, 0.2) is 54.6 Å². The number of carbonyl (C=O) groups excluding carboxylic acids is 1. The Morgan fingerprint density at radius 3 is 2.32 bits per heavy atom. The zero-order chi connectivity index (χ0) is 20.0. The van der Waals surface area contributed by atoms with Crippen molar-refractivity contribution in [3.05, 3.63) is 65.7 Å². The van der Waals surface area contributed by atoms with Crippen molar-refractivity contribution in [2.45, 2.75) is 37.8 Å². The van der Waals surface area contributed by atoms with E-state index >= 15 is 0 Å². The minimum absolute atomic E-state index is 0.117. The Balaban J connectivity index is 1.74. The number of nitrogens with one attached hydrogen (secondary N) is 1. The second kappa shape index (κ2) is 8.89. The number of amides is 1. The van der Waals surface area contributed by atoms with Gasteiger partial charge in [-0.05, 0) is 36.2 Å². The van der Waals surface area contributed by atoms with E-state index in [9.17, 15) is 14.7 Å². The van der Waals surface area contributed by atoms with Crippen LogP contribution >= 0.6 is 0 Å². The Morgan fingerprint density at radius 2 is 1.75 bits per heavy atom. The van der Waals surface area contributed by atoms with Crippen molar-refractivity contribution in [3.63, 3.8) is 0 Å². The number of aliphatic carboxylic acids is 1. The summed E-state index contributed by atoms with van der Waals surface area (Å²) in [5, 5.41) is 12.6. The Bertz CT molecular complexity index is 799. The number of benzene rings is 2. The molecule has 0 bridgehead atoms. The topological polar surface area (TPSA) is 84.9 Å². The van der Waals surface area contributed by atoms with Crippen LogP contribution < -0.4 is 10.1 Å². The normalized spacial score (nSPS) is 16.8. The Hall–Kier alpha value is -2.86. The first-order valence-electron chi connectivity index (χ1n) is 9.51. The Kier molecular flexibility index (Phi) is 6.31. The maximum Gasteiger partial charge on any atom is 0.334 e. The van der Waals surface area contributed by atoms with Gasteiger partial charge in [0.1, 0.15) is 11.9 Å². The van der Waals surface area contributed by atoms with E-state index in [2.05, 4.69) is 5.32 Å². The van der Waals surface area contributed by atoms with Gasteiger partial charge in [-0.1, -0.05) is 37.3 Å². The van der Waals surface area contributed by atoms with Gasteiger partial charge in [-0.3, -0.25) is 4.79 Å². The van der Waals surface area contributed by atoms with Crippen molar-refractivity contribution in [2.75, 3.05) is 13.2 Å². The lowest BCUT2D eigenvalue weighted by atomic mass is 9.87. The fourth-order valence-corrected chi connectivity index (χ4v) is 3.35. The molecule has 1 aliphatic heterocycles. The van der Waals surface area contributed by atoms with Gasteiger partial charge in [0, 0.05) is 18.4 Å². The van der Waals surface area contributed by atoms with E-state index in [4.69, 9.17) is 9.47 Å². The van der Waals surface area contributed by atoms with Gasteiger partial charge in [-0.15, -0.1) is 0 Å². The number of carboxylic acid groups (broad SMARTS) is 1. The van der Waals surface area contributed by atoms with E-state index in [0.717, 1.165) is 12.8 Å². The lowest BCUT2D eigenvalue weighted by Crippen LogP contribution is -2.51. The molecule has 1 heterocycles. The summed E-state index contributed by atoms with van der Waals surface area (Å²) in [7, 11) is 0. The third-order valence-electron chi connectivity index (χ3n) is 5.08. The molecule has 0 aromatic heterocycles. The molecular formula is C22H25NO5. The SMILES string of the molecule is CCC(NC(=O)c1ccc(OC2CCOCC2)cc1)(C(=O)O)c1ccccc1. The molecule has 1 aliphatic rings. The number of hydrogen-bond acceptors (Lipinski definition) is 4. The molecule has 1 amide bonds. The monoisotopic (exact) mass is 383 g/mol. The fourth-order valence-electron chi connectivity index (χ4n) is 3.35. The smallest absolute Gasteiger partial charge is 0.334 e. The Labute approximate surface area is 164 Å². The van der Waals surface area contributed by atoms with Crippen LogP contribution in [0, 0.1) is 0 Å². The molecule has 148 valence electrons. The lowest BCUT2D eigenvalue weighted by Gasteiger charge is -2.30. The van der Waals surface area contributed by atoms with Crippen LogP contribution in [0.5, 0.6) is 5.75 Å². The molecule has 2 N–H and O–H groups in total. The quantitative estimate of drug-likeness (QED) is 0.766. The second-order valence-electron chi connectivity index (χ2n) is 6.84. The van der Waals surface area contributed by atoms with Crippen molar-refractivity contribution in [3.8, 4) is 5.75 Å². The first kappa shape index (κ1) is 19.9. The minimum atomic E-state index is -1.48. The molecule has 6 nitrogen and oxygen atoms in total. The fraction of sp³-hybridized carbons (Fsp3) is 0.364. The third kappa shape index (κ3) is 4.34. The van der Waals surface area contributed by atoms with Gasteiger partial charge in [0.15, 0.2) is 5.54 Å². The minimum Gasteiger partial charge on any atom is -0.490 e. The summed E-state index contributed by atoms with van der Waals surface area (Å²) in [6.07, 6.45) is 2.03. The van der Waals surface area contributed by atoms with E-state index in [1.54, 1.807) is 55.5 Å². The summed E-state index contributed by atoms with van der Waals surface area (Å²) in [4.78, 5) is 24.8. The summed E-state index contributed by atoms with van der Waals surface area (Å²) in [5.41, 5.74) is -0.553. The summed E-state index contributed by atoms with van der Waals surface area (Å²) < 4.78 is 11.2. The van der Waals surface area contributed by atoms with E-state index < -0.39 is 17.4 Å². The molecule has 3 rings (SSSR count). The second-order valence-corrected chi connectivity index (χ2v) is 6.84. The van der Waals surface area contributed by atoms with Crippen molar-refractivity contribution in [2.24, 2.45) is 0 Å². The zero-order valence-electron chi connectivity index (χ0n) is 15.9. The Morgan fingerprint density at radius 1 is 1.11 bits per heavy atom. The van der Waals surface area contributed by atoms with Crippen LogP contribution in [-0.4, -0.2) is 36.3 Å². The van der Waals surface area contributed by atoms with Gasteiger partial charge in [-0.2, -0.15) is 0 Å². The first-order chi connectivity index (χ1) is 13.5. The van der Waals surface area contributed by atoms with Crippen LogP contribution in [-0.2, 0) is 15.1 Å². The van der Waals surface area contributed by atoms with Crippen molar-refractivity contribution in [1.82, 2.24) is 5.32 Å². The lowest BCUT2D eigenvalue weighted by molar-refractivity contribution is -0.145. The molecule has 6 heteroatoms. The zero-order valence-corrected chi connectivity index (χ0v) is 15.9. The molecule has 2 aromatic carbocycles. The molecular weight excluding hydrogens is 358 g/mol. The van der Waals surface area contributed by atoms with Crippen LogP contribution in [0.4, 0.5) is 0 Å². The van der Waals surface area contributed by atoms with Crippen molar-refractivity contribution in [1.29, 1.82) is 0 Å². The van der Waals surface area contributed by atoms with Gasteiger partial charge in [0.05, 0.1) is 13.2 Å². The van der Waals surface area contributed by atoms with E-state index in [1.807, 2.05) is 6.07 Å². The average molecular weight is 383 g/mol. The summed E-state index contributed by atoms with van der Waals surface area (Å²) in [6.45, 7) is 3.13. The number of rotatable bonds is 7. The maximum atomic E-state index is 12.8. The van der Waals surface area contributed by atoms with E-state index in [0.29, 0.717) is 30.1 Å². The largest absolute Gasteiger partial charge is 0.490 e. The van der Waals surface area contributed by atoms with Gasteiger partial charge >= 0.3 is 5.97 Å². The van der Waals surface area contributed by atoms with Crippen molar-refractivity contribution < 1.29 is 24.2 Å². The molecule has 1 unspecified atom stereocenters. The highest BCUT2D eigenvalue weighted by Crippen LogP contribution is 2.26. The molecule has 2 aromatic rings. The molecule has 0 radical (unpaired) electrons. The number of hydrogen-bond donors (Lipinski definition) is 2. The predicted octanol–water partition coefficient (Wildman–Crippen LogP) is 3.36. The molecule has 0 aliphatic carbocycles. The van der Waals surface area contributed by atoms with E-state index in [-0.39, 0.29) is 12.5 Å². The highest BCUT2D eigenvalue weighted by Gasteiger charge is 2.40. The van der Waals surface area contributed by atoms with Crippen LogP contribution in [0.1, 0.15) is 42.1 Å². The van der Waals surface area contributed by atoms with Crippen molar-refractivity contribution >= 4 is 11.9 Å². The molecule has 0 spiro atoms. The molecule has 0 saturated carbocycles. The summed E-state index contributed by atoms with van der Waals surface area (Å²) >= 11 is 0. The van der Waals surface area contributed by atoms with Gasteiger partial charge in [-0.25, -0.2) is 4.79 Å². The van der Waals surface area contributed by atoms with E-state index in [1.165, 1.54) is 0 Å². The molecule has 1 atom stereocenters. The number of carbonyl (C=O) groups is 2. The van der Waals surface area contributed by atoms with Crippen LogP contribution in [0.3, 0.4) is 0 Å². The third-order valence-corrected chi connectivity index (χ3v) is 5.08. The number of carboxylic acids is 1. The molecule has 1 fully saturated rings. The summed E-state index contributed by atoms with van der Waals surface area (Å²) in [5.74, 6) is -0.841. The molecule has 28 heavy (non-hydrogen) atoms. The first-order valence-corrected chi connectivity index (χ1v) is 9.51. The highest BCUT2D eigenvalue weighted by molar-refractivity contribution is 5.98. The average Bonchev–Trinajstić information content (AvgIpc) is 2.73. The van der Waals surface area contributed by atoms with Gasteiger partial charge in [0.25, 0.3) is 5.91 Å². The van der Waals surface area contributed by atoms with Gasteiger partial charge in [0.2, 0.25) is 0 Å². The number of ether oxygens (including phenoxy) is 2. The summed E-state index contributed by atoms with van der Waals surface area (Å²) in [6, 6.07) is 15.5. The standard InChI is InChI=1S/C22H25NO5/c1-2-22(21(25)26,17-6-4-3-5-7-17)23-20(24)16-8-10-18(11-9-16)28-19-12-14-27-15-13-19/h3-11,19H,2,12-15H2,1H3,(H,23,24)(H,25,26).